The zero-order chi connectivity index (χ0) is 12.1. The van der Waals surface area contributed by atoms with Gasteiger partial charge in [-0.05, 0) is 40.7 Å². The second-order valence-electron chi connectivity index (χ2n) is 5.48. The van der Waals surface area contributed by atoms with E-state index < -0.39 is 0 Å². The number of allylic oxidation sites excluding steroid dienone is 2. The highest BCUT2D eigenvalue weighted by Crippen LogP contribution is 2.44. The van der Waals surface area contributed by atoms with E-state index in [0.29, 0.717) is 11.8 Å². The average molecular weight is 236 g/mol. The van der Waals surface area contributed by atoms with E-state index in [-0.39, 0.29) is 6.10 Å². The van der Waals surface area contributed by atoms with E-state index in [0.717, 1.165) is 12.8 Å². The summed E-state index contributed by atoms with van der Waals surface area (Å²) in [4.78, 5) is 0. The molecule has 2 aromatic rings. The number of hydrogen-bond donors (Lipinski definition) is 1. The van der Waals surface area contributed by atoms with Crippen molar-refractivity contribution in [2.24, 2.45) is 5.92 Å². The molecule has 3 atom stereocenters. The van der Waals surface area contributed by atoms with Crippen LogP contribution in [-0.4, -0.2) is 11.2 Å². The topological polar surface area (TPSA) is 20.2 Å². The quantitative estimate of drug-likeness (QED) is 0.695. The Morgan fingerprint density at radius 1 is 1.06 bits per heavy atom. The van der Waals surface area contributed by atoms with E-state index >= 15 is 0 Å². The second kappa shape index (κ2) is 3.69. The first-order valence-corrected chi connectivity index (χ1v) is 6.70. The highest BCUT2D eigenvalue weighted by molar-refractivity contribution is 5.87. The maximum absolute atomic E-state index is 10.3. The van der Waals surface area contributed by atoms with Crippen LogP contribution in [0.1, 0.15) is 23.5 Å². The summed E-state index contributed by atoms with van der Waals surface area (Å²) in [6, 6.07) is 13.0. The Balaban J connectivity index is 1.99. The molecule has 1 N–H and O–H groups in total. The molecule has 4 rings (SSSR count). The lowest BCUT2D eigenvalue weighted by Crippen LogP contribution is -2.31. The summed E-state index contributed by atoms with van der Waals surface area (Å²) in [5.41, 5.74) is 2.78. The number of hydrogen-bond acceptors (Lipinski definition) is 1. The summed E-state index contributed by atoms with van der Waals surface area (Å²) in [5, 5.41) is 12.9. The zero-order valence-electron chi connectivity index (χ0n) is 10.2. The van der Waals surface area contributed by atoms with Crippen molar-refractivity contribution >= 4 is 10.8 Å². The van der Waals surface area contributed by atoms with Crippen LogP contribution in [0.2, 0.25) is 0 Å². The first-order chi connectivity index (χ1) is 8.84. The Labute approximate surface area is 107 Å². The number of benzene rings is 2. The Morgan fingerprint density at radius 3 is 2.89 bits per heavy atom. The molecule has 0 saturated carbocycles. The largest absolute Gasteiger partial charge is 0.392 e. The van der Waals surface area contributed by atoms with Gasteiger partial charge in [0.1, 0.15) is 0 Å². The predicted molar refractivity (Wildman–Crippen MR) is 73.6 cm³/mol. The molecule has 1 nitrogen and oxygen atoms in total. The van der Waals surface area contributed by atoms with E-state index in [1.165, 1.54) is 21.9 Å². The van der Waals surface area contributed by atoms with Crippen molar-refractivity contribution in [1.29, 1.82) is 0 Å². The van der Waals surface area contributed by atoms with Crippen LogP contribution in [0.4, 0.5) is 0 Å². The van der Waals surface area contributed by atoms with Crippen LogP contribution in [0.15, 0.2) is 48.6 Å². The van der Waals surface area contributed by atoms with Crippen molar-refractivity contribution in [2.75, 3.05) is 0 Å². The zero-order valence-corrected chi connectivity index (χ0v) is 10.2. The predicted octanol–water partition coefficient (Wildman–Crippen LogP) is 3.42. The molecule has 0 bridgehead atoms. The SMILES string of the molecule is OC1Cc2c(ccc3ccccc23)[C@H]2C=CC[C@@H]12. The van der Waals surface area contributed by atoms with Crippen molar-refractivity contribution in [2.45, 2.75) is 24.9 Å². The second-order valence-corrected chi connectivity index (χ2v) is 5.48. The monoisotopic (exact) mass is 236 g/mol. The Bertz CT molecular complexity index is 641. The molecule has 2 aliphatic rings. The molecular weight excluding hydrogens is 220 g/mol. The Morgan fingerprint density at radius 2 is 1.94 bits per heavy atom. The van der Waals surface area contributed by atoms with Gasteiger partial charge in [0.15, 0.2) is 0 Å². The van der Waals surface area contributed by atoms with Gasteiger partial charge in [-0.3, -0.25) is 0 Å². The van der Waals surface area contributed by atoms with Gasteiger partial charge >= 0.3 is 0 Å². The molecule has 2 aliphatic carbocycles. The maximum atomic E-state index is 10.3. The normalized spacial score (nSPS) is 29.3. The lowest BCUT2D eigenvalue weighted by Gasteiger charge is -2.33. The molecule has 0 fully saturated rings. The van der Waals surface area contributed by atoms with Crippen LogP contribution >= 0.6 is 0 Å². The van der Waals surface area contributed by atoms with Gasteiger partial charge in [0.25, 0.3) is 0 Å². The standard InChI is InChI=1S/C17H16O/c18-17-10-16-12-5-2-1-4-11(12)8-9-14(16)13-6-3-7-15(13)17/h1-6,8-9,13,15,17-18H,7,10H2/t13-,15-,17?/m1/s1. The van der Waals surface area contributed by atoms with Crippen molar-refractivity contribution in [3.63, 3.8) is 0 Å². The first-order valence-electron chi connectivity index (χ1n) is 6.70. The van der Waals surface area contributed by atoms with E-state index in [1.807, 2.05) is 0 Å². The minimum absolute atomic E-state index is 0.191. The van der Waals surface area contributed by atoms with Crippen LogP contribution in [0.5, 0.6) is 0 Å². The third kappa shape index (κ3) is 1.31. The number of aliphatic hydroxyl groups is 1. The minimum Gasteiger partial charge on any atom is -0.392 e. The molecule has 0 aromatic heterocycles. The van der Waals surface area contributed by atoms with Crippen molar-refractivity contribution < 1.29 is 5.11 Å². The van der Waals surface area contributed by atoms with Crippen molar-refractivity contribution in [1.82, 2.24) is 0 Å². The van der Waals surface area contributed by atoms with Gasteiger partial charge in [-0.25, -0.2) is 0 Å². The summed E-state index contributed by atoms with van der Waals surface area (Å²) >= 11 is 0. The Hall–Kier alpha value is -1.60. The van der Waals surface area contributed by atoms with E-state index in [2.05, 4.69) is 48.6 Å². The highest BCUT2D eigenvalue weighted by atomic mass is 16.3. The summed E-state index contributed by atoms with van der Waals surface area (Å²) in [5.74, 6) is 0.826. The van der Waals surface area contributed by atoms with Crippen LogP contribution in [0.25, 0.3) is 10.8 Å². The number of aliphatic hydroxyl groups excluding tert-OH is 1. The first kappa shape index (κ1) is 10.3. The van der Waals surface area contributed by atoms with Crippen LogP contribution < -0.4 is 0 Å². The summed E-state index contributed by atoms with van der Waals surface area (Å²) < 4.78 is 0. The molecule has 0 aliphatic heterocycles. The molecule has 90 valence electrons. The Kier molecular flexibility index (Phi) is 2.12. The molecule has 2 aromatic carbocycles. The molecule has 0 amide bonds. The smallest absolute Gasteiger partial charge is 0.0620 e. The molecular formula is C17H16O. The van der Waals surface area contributed by atoms with Gasteiger partial charge in [-0.2, -0.15) is 0 Å². The van der Waals surface area contributed by atoms with E-state index in [9.17, 15) is 5.11 Å². The van der Waals surface area contributed by atoms with Gasteiger partial charge in [-0.1, -0.05) is 48.6 Å². The molecule has 0 saturated heterocycles. The number of fused-ring (bicyclic) bond motifs is 5. The molecule has 1 heteroatoms. The fourth-order valence-corrected chi connectivity index (χ4v) is 3.66. The maximum Gasteiger partial charge on any atom is 0.0620 e. The lowest BCUT2D eigenvalue weighted by molar-refractivity contribution is 0.0974. The molecule has 18 heavy (non-hydrogen) atoms. The summed E-state index contributed by atoms with van der Waals surface area (Å²) in [6.45, 7) is 0. The van der Waals surface area contributed by atoms with Gasteiger partial charge in [0.05, 0.1) is 6.10 Å². The fraction of sp³-hybridized carbons (Fsp3) is 0.294. The molecule has 0 spiro atoms. The van der Waals surface area contributed by atoms with Crippen LogP contribution in [0, 0.1) is 5.92 Å². The van der Waals surface area contributed by atoms with Gasteiger partial charge in [0.2, 0.25) is 0 Å². The third-order valence-corrected chi connectivity index (χ3v) is 4.56. The van der Waals surface area contributed by atoms with Gasteiger partial charge < -0.3 is 5.11 Å². The van der Waals surface area contributed by atoms with Gasteiger partial charge in [-0.15, -0.1) is 0 Å². The highest BCUT2D eigenvalue weighted by Gasteiger charge is 2.36. The van der Waals surface area contributed by atoms with E-state index in [4.69, 9.17) is 0 Å². The third-order valence-electron chi connectivity index (χ3n) is 4.56. The fourth-order valence-electron chi connectivity index (χ4n) is 3.66. The van der Waals surface area contributed by atoms with Crippen LogP contribution in [-0.2, 0) is 6.42 Å². The summed E-state index contributed by atoms with van der Waals surface area (Å²) in [6.07, 6.45) is 6.14. The summed E-state index contributed by atoms with van der Waals surface area (Å²) in [7, 11) is 0. The van der Waals surface area contributed by atoms with Gasteiger partial charge in [0, 0.05) is 5.92 Å². The molecule has 0 heterocycles. The van der Waals surface area contributed by atoms with Crippen molar-refractivity contribution in [3.8, 4) is 0 Å². The number of rotatable bonds is 0. The van der Waals surface area contributed by atoms with Crippen molar-refractivity contribution in [3.05, 3.63) is 59.7 Å². The van der Waals surface area contributed by atoms with Crippen LogP contribution in [0.3, 0.4) is 0 Å². The molecule has 1 unspecified atom stereocenters. The lowest BCUT2D eigenvalue weighted by atomic mass is 9.74. The average Bonchev–Trinajstić information content (AvgIpc) is 2.89. The minimum atomic E-state index is -0.191. The van der Waals surface area contributed by atoms with E-state index in [1.54, 1.807) is 0 Å². The molecule has 0 radical (unpaired) electrons.